The predicted octanol–water partition coefficient (Wildman–Crippen LogP) is 2.84. The molecule has 24 heavy (non-hydrogen) atoms. The van der Waals surface area contributed by atoms with Crippen molar-refractivity contribution in [2.75, 3.05) is 13.1 Å². The fraction of sp³-hybridized carbons (Fsp3) is 0.579. The highest BCUT2D eigenvalue weighted by Gasteiger charge is 2.41. The highest BCUT2D eigenvalue weighted by atomic mass is 16.4. The molecule has 1 atom stereocenters. The van der Waals surface area contributed by atoms with Gasteiger partial charge in [-0.1, -0.05) is 31.9 Å². The lowest BCUT2D eigenvalue weighted by atomic mass is 9.56. The van der Waals surface area contributed by atoms with Gasteiger partial charge in [-0.15, -0.1) is 0 Å². The van der Waals surface area contributed by atoms with E-state index in [2.05, 4.69) is 24.0 Å². The molecule has 1 aliphatic heterocycles. The molecule has 2 rings (SSSR count). The Morgan fingerprint density at radius 2 is 2.17 bits per heavy atom. The molecule has 0 aliphatic carbocycles. The number of hydrogen-bond acceptors (Lipinski definition) is 3. The van der Waals surface area contributed by atoms with Gasteiger partial charge in [0.05, 0.1) is 11.6 Å². The summed E-state index contributed by atoms with van der Waals surface area (Å²) in [7, 11) is 1.93. The molecule has 0 radical (unpaired) electrons. The van der Waals surface area contributed by atoms with E-state index in [4.69, 9.17) is 5.26 Å². The summed E-state index contributed by atoms with van der Waals surface area (Å²) in [4.78, 5) is 14.2. The molecule has 1 aromatic carbocycles. The van der Waals surface area contributed by atoms with Crippen LogP contribution in [0.5, 0.6) is 0 Å². The fourth-order valence-corrected chi connectivity index (χ4v) is 3.76. The summed E-state index contributed by atoms with van der Waals surface area (Å²) in [6, 6.07) is 9.91. The lowest BCUT2D eigenvalue weighted by Gasteiger charge is -2.40. The number of likely N-dealkylation sites (tertiary alicyclic amines) is 1. The van der Waals surface area contributed by atoms with Gasteiger partial charge in [-0.3, -0.25) is 9.69 Å². The Labute approximate surface area is 145 Å². The highest BCUT2D eigenvalue weighted by molar-refractivity contribution is 6.26. The van der Waals surface area contributed by atoms with E-state index in [1.54, 1.807) is 0 Å². The molecular formula is C19H27BN2O2. The first-order valence-electron chi connectivity index (χ1n) is 8.94. The van der Waals surface area contributed by atoms with E-state index < -0.39 is 11.3 Å². The third kappa shape index (κ3) is 4.39. The molecule has 5 heteroatoms. The zero-order valence-electron chi connectivity index (χ0n) is 14.8. The van der Waals surface area contributed by atoms with Crippen LogP contribution < -0.4 is 0 Å². The number of carbonyl (C=O) groups is 1. The maximum Gasteiger partial charge on any atom is 0.301 e. The SMILES string of the molecule is BC(CCCC)(C(=O)O)C1CCN(Cc2cccc(C#N)c2)CC1. The number of benzene rings is 1. The topological polar surface area (TPSA) is 64.3 Å². The van der Waals surface area contributed by atoms with Crippen LogP contribution in [0, 0.1) is 17.2 Å². The van der Waals surface area contributed by atoms with Crippen molar-refractivity contribution in [3.63, 3.8) is 0 Å². The number of unbranched alkanes of at least 4 members (excludes halogenated alkanes) is 1. The molecule has 1 saturated heterocycles. The van der Waals surface area contributed by atoms with Crippen LogP contribution in [0.4, 0.5) is 0 Å². The van der Waals surface area contributed by atoms with E-state index in [1.807, 2.05) is 26.0 Å². The highest BCUT2D eigenvalue weighted by Crippen LogP contribution is 2.43. The molecular weight excluding hydrogens is 299 g/mol. The molecule has 1 aromatic rings. The van der Waals surface area contributed by atoms with Crippen LogP contribution in [0.1, 0.15) is 50.2 Å². The number of carboxylic acids is 1. The van der Waals surface area contributed by atoms with Crippen molar-refractivity contribution in [3.8, 4) is 6.07 Å². The van der Waals surface area contributed by atoms with Crippen molar-refractivity contribution in [1.82, 2.24) is 4.90 Å². The first-order chi connectivity index (χ1) is 11.5. The molecule has 128 valence electrons. The van der Waals surface area contributed by atoms with E-state index in [0.29, 0.717) is 5.56 Å². The third-order valence-corrected chi connectivity index (χ3v) is 5.49. The van der Waals surface area contributed by atoms with E-state index in [1.165, 1.54) is 0 Å². The van der Waals surface area contributed by atoms with E-state index >= 15 is 0 Å². The van der Waals surface area contributed by atoms with Gasteiger partial charge in [0, 0.05) is 11.9 Å². The molecule has 1 heterocycles. The number of aliphatic carboxylic acids is 1. The van der Waals surface area contributed by atoms with Crippen LogP contribution in [0.2, 0.25) is 5.31 Å². The maximum absolute atomic E-state index is 11.8. The average molecular weight is 326 g/mol. The fourth-order valence-electron chi connectivity index (χ4n) is 3.76. The van der Waals surface area contributed by atoms with E-state index in [0.717, 1.165) is 57.3 Å². The van der Waals surface area contributed by atoms with Crippen LogP contribution in [0.15, 0.2) is 24.3 Å². The summed E-state index contributed by atoms with van der Waals surface area (Å²) in [5, 5.41) is 18.1. The maximum atomic E-state index is 11.8. The standard InChI is InChI=1S/C19H27BN2O2/c1-2-3-9-19(20,18(23)24)17-7-10-22(11-8-17)14-16-6-4-5-15(12-16)13-21/h4-6,12,17H,2-3,7-11,14,20H2,1H3,(H,23,24). The molecule has 1 fully saturated rings. The second kappa shape index (κ2) is 8.35. The summed E-state index contributed by atoms with van der Waals surface area (Å²) < 4.78 is 0. The Morgan fingerprint density at radius 1 is 1.46 bits per heavy atom. The van der Waals surface area contributed by atoms with Gasteiger partial charge in [-0.2, -0.15) is 5.26 Å². The molecule has 0 aromatic heterocycles. The van der Waals surface area contributed by atoms with Crippen LogP contribution >= 0.6 is 0 Å². The Bertz CT molecular complexity index is 606. The number of nitrogens with zero attached hydrogens (tertiary/aromatic N) is 2. The Balaban J connectivity index is 1.94. The summed E-state index contributed by atoms with van der Waals surface area (Å²) >= 11 is 0. The predicted molar refractivity (Wildman–Crippen MR) is 97.6 cm³/mol. The van der Waals surface area contributed by atoms with Gasteiger partial charge in [0.15, 0.2) is 0 Å². The molecule has 0 bridgehead atoms. The zero-order chi connectivity index (χ0) is 17.6. The van der Waals surface area contributed by atoms with Gasteiger partial charge in [0.1, 0.15) is 7.85 Å². The van der Waals surface area contributed by atoms with Crippen molar-refractivity contribution in [1.29, 1.82) is 5.26 Å². The van der Waals surface area contributed by atoms with Crippen molar-refractivity contribution < 1.29 is 9.90 Å². The van der Waals surface area contributed by atoms with Crippen molar-refractivity contribution in [2.24, 2.45) is 5.92 Å². The summed E-state index contributed by atoms with van der Waals surface area (Å²) in [5.41, 5.74) is 1.85. The quantitative estimate of drug-likeness (QED) is 0.783. The van der Waals surface area contributed by atoms with Crippen LogP contribution in [0.3, 0.4) is 0 Å². The van der Waals surface area contributed by atoms with Crippen molar-refractivity contribution >= 4 is 13.8 Å². The normalized spacial score (nSPS) is 18.7. The number of carboxylic acid groups (broad SMARTS) is 1. The first-order valence-corrected chi connectivity index (χ1v) is 8.94. The van der Waals surface area contributed by atoms with Gasteiger partial charge in [0.2, 0.25) is 0 Å². The number of nitriles is 1. The molecule has 1 aliphatic rings. The minimum atomic E-state index is -0.642. The van der Waals surface area contributed by atoms with Crippen molar-refractivity contribution in [2.45, 2.75) is 50.9 Å². The van der Waals surface area contributed by atoms with Crippen molar-refractivity contribution in [3.05, 3.63) is 35.4 Å². The number of piperidine rings is 1. The second-order valence-corrected chi connectivity index (χ2v) is 7.19. The Hall–Kier alpha value is -1.80. The van der Waals surface area contributed by atoms with Gasteiger partial charge < -0.3 is 5.11 Å². The Morgan fingerprint density at radius 3 is 2.75 bits per heavy atom. The minimum Gasteiger partial charge on any atom is -0.481 e. The van der Waals surface area contributed by atoms with Crippen LogP contribution in [-0.4, -0.2) is 36.9 Å². The van der Waals surface area contributed by atoms with E-state index in [-0.39, 0.29) is 5.92 Å². The molecule has 1 N–H and O–H groups in total. The van der Waals surface area contributed by atoms with Crippen LogP contribution in [0.25, 0.3) is 0 Å². The van der Waals surface area contributed by atoms with Gasteiger partial charge in [-0.05, 0) is 56.0 Å². The van der Waals surface area contributed by atoms with E-state index in [9.17, 15) is 9.90 Å². The molecule has 0 saturated carbocycles. The minimum absolute atomic E-state index is 0.253. The smallest absolute Gasteiger partial charge is 0.301 e. The zero-order valence-corrected chi connectivity index (χ0v) is 14.8. The van der Waals surface area contributed by atoms with Crippen LogP contribution in [-0.2, 0) is 11.3 Å². The molecule has 1 unspecified atom stereocenters. The lowest BCUT2D eigenvalue weighted by Crippen LogP contribution is -2.41. The summed E-state index contributed by atoms with van der Waals surface area (Å²) in [5.74, 6) is -0.389. The largest absolute Gasteiger partial charge is 0.481 e. The number of rotatable bonds is 7. The molecule has 0 amide bonds. The van der Waals surface area contributed by atoms with Gasteiger partial charge in [0.25, 0.3) is 0 Å². The summed E-state index contributed by atoms with van der Waals surface area (Å²) in [6.45, 7) is 4.80. The number of hydrogen-bond donors (Lipinski definition) is 1. The van der Waals surface area contributed by atoms with Gasteiger partial charge in [-0.25, -0.2) is 0 Å². The monoisotopic (exact) mass is 326 g/mol. The molecule has 0 spiro atoms. The third-order valence-electron chi connectivity index (χ3n) is 5.49. The Kier molecular flexibility index (Phi) is 6.45. The lowest BCUT2D eigenvalue weighted by molar-refractivity contribution is -0.143. The van der Waals surface area contributed by atoms with Gasteiger partial charge >= 0.3 is 5.97 Å². The molecule has 4 nitrogen and oxygen atoms in total. The second-order valence-electron chi connectivity index (χ2n) is 7.19. The first kappa shape index (κ1) is 18.5. The average Bonchev–Trinajstić information content (AvgIpc) is 2.60. The summed E-state index contributed by atoms with van der Waals surface area (Å²) in [6.07, 6.45) is 4.66.